The summed E-state index contributed by atoms with van der Waals surface area (Å²) in [5.74, 6) is 0. The fourth-order valence-electron chi connectivity index (χ4n) is 1.58. The molecule has 4 nitrogen and oxygen atoms in total. The number of methoxy groups -OCH3 is 1. The predicted octanol–water partition coefficient (Wildman–Crippen LogP) is 2.25. The number of nitrogens with one attached hydrogen (secondary N) is 1. The van der Waals surface area contributed by atoms with Crippen molar-refractivity contribution in [1.82, 2.24) is 5.32 Å². The van der Waals surface area contributed by atoms with Crippen LogP contribution >= 0.6 is 0 Å². The average Bonchev–Trinajstić information content (AvgIpc) is 2.42. The van der Waals surface area contributed by atoms with Gasteiger partial charge in [-0.2, -0.15) is 0 Å². The molecule has 0 saturated carbocycles. The molecule has 0 heterocycles. The molecule has 4 heteroatoms. The summed E-state index contributed by atoms with van der Waals surface area (Å²) in [6, 6.07) is 0. The Hall–Kier alpha value is -0.420. The van der Waals surface area contributed by atoms with Gasteiger partial charge in [0, 0.05) is 20.3 Å². The summed E-state index contributed by atoms with van der Waals surface area (Å²) in [7, 11) is 1.67. The summed E-state index contributed by atoms with van der Waals surface area (Å²) < 4.78 is 15.8. The molecule has 0 aromatic rings. The first kappa shape index (κ1) is 18.6. The Balaban J connectivity index is 3.51. The van der Waals surface area contributed by atoms with Crippen LogP contribution in [0.25, 0.3) is 0 Å². The second-order valence-corrected chi connectivity index (χ2v) is 5.00. The van der Waals surface area contributed by atoms with E-state index in [0.717, 1.165) is 32.5 Å². The van der Waals surface area contributed by atoms with Crippen LogP contribution in [0.3, 0.4) is 0 Å². The number of hydrogen-bond donors (Lipinski definition) is 1. The zero-order valence-electron chi connectivity index (χ0n) is 12.9. The van der Waals surface area contributed by atoms with E-state index in [1.54, 1.807) is 7.11 Å². The van der Waals surface area contributed by atoms with Crippen LogP contribution < -0.4 is 5.32 Å². The van der Waals surface area contributed by atoms with E-state index in [-0.39, 0.29) is 5.41 Å². The molecular weight excluding hydrogens is 242 g/mol. The molecule has 0 radical (unpaired) electrons. The molecule has 0 fully saturated rings. The topological polar surface area (TPSA) is 39.7 Å². The Labute approximate surface area is 118 Å². The van der Waals surface area contributed by atoms with Gasteiger partial charge in [0.15, 0.2) is 0 Å². The molecule has 0 saturated heterocycles. The van der Waals surface area contributed by atoms with Gasteiger partial charge >= 0.3 is 0 Å². The lowest BCUT2D eigenvalue weighted by Crippen LogP contribution is -2.31. The first-order chi connectivity index (χ1) is 9.18. The molecule has 114 valence electrons. The second-order valence-electron chi connectivity index (χ2n) is 5.00. The molecule has 0 aromatic heterocycles. The Morgan fingerprint density at radius 3 is 2.32 bits per heavy atom. The molecule has 0 aromatic carbocycles. The van der Waals surface area contributed by atoms with Gasteiger partial charge in [-0.25, -0.2) is 0 Å². The highest BCUT2D eigenvalue weighted by atomic mass is 16.5. The highest BCUT2D eigenvalue weighted by Crippen LogP contribution is 2.21. The van der Waals surface area contributed by atoms with Crippen molar-refractivity contribution in [2.24, 2.45) is 5.41 Å². The van der Waals surface area contributed by atoms with Crippen molar-refractivity contribution in [3.05, 3.63) is 12.7 Å². The monoisotopic (exact) mass is 273 g/mol. The summed E-state index contributed by atoms with van der Waals surface area (Å²) in [6.07, 6.45) is 4.15. The SMILES string of the molecule is C=CC(C)(CCOCCOCCOC)CNCCC. The predicted molar refractivity (Wildman–Crippen MR) is 79.6 cm³/mol. The van der Waals surface area contributed by atoms with E-state index >= 15 is 0 Å². The summed E-state index contributed by atoms with van der Waals surface area (Å²) in [5.41, 5.74) is 0.103. The van der Waals surface area contributed by atoms with Crippen LogP contribution in [0.1, 0.15) is 26.7 Å². The normalized spacial score (nSPS) is 14.3. The van der Waals surface area contributed by atoms with E-state index in [9.17, 15) is 0 Å². The Morgan fingerprint density at radius 2 is 1.74 bits per heavy atom. The highest BCUT2D eigenvalue weighted by molar-refractivity contribution is 4.92. The molecule has 0 aliphatic heterocycles. The third-order valence-corrected chi connectivity index (χ3v) is 3.07. The minimum absolute atomic E-state index is 0.103. The van der Waals surface area contributed by atoms with Crippen molar-refractivity contribution in [1.29, 1.82) is 0 Å². The van der Waals surface area contributed by atoms with Gasteiger partial charge in [-0.05, 0) is 24.8 Å². The van der Waals surface area contributed by atoms with Gasteiger partial charge in [0.05, 0.1) is 26.4 Å². The molecule has 1 atom stereocenters. The Morgan fingerprint density at radius 1 is 1.11 bits per heavy atom. The van der Waals surface area contributed by atoms with Crippen LogP contribution in [0, 0.1) is 5.41 Å². The van der Waals surface area contributed by atoms with Crippen LogP contribution in [0.5, 0.6) is 0 Å². The van der Waals surface area contributed by atoms with Crippen molar-refractivity contribution in [2.45, 2.75) is 26.7 Å². The van der Waals surface area contributed by atoms with Gasteiger partial charge in [-0.1, -0.05) is 19.9 Å². The van der Waals surface area contributed by atoms with E-state index < -0.39 is 0 Å². The lowest BCUT2D eigenvalue weighted by Gasteiger charge is -2.26. The van der Waals surface area contributed by atoms with Crippen molar-refractivity contribution < 1.29 is 14.2 Å². The van der Waals surface area contributed by atoms with Crippen LogP contribution in [0.2, 0.25) is 0 Å². The first-order valence-corrected chi connectivity index (χ1v) is 7.17. The summed E-state index contributed by atoms with van der Waals surface area (Å²) >= 11 is 0. The molecule has 1 N–H and O–H groups in total. The Kier molecular flexibility index (Phi) is 12.3. The molecule has 0 rings (SSSR count). The summed E-state index contributed by atoms with van der Waals surface area (Å²) in [4.78, 5) is 0. The van der Waals surface area contributed by atoms with Crippen molar-refractivity contribution in [3.8, 4) is 0 Å². The second kappa shape index (κ2) is 12.6. The molecule has 0 amide bonds. The summed E-state index contributed by atoms with van der Waals surface area (Å²) in [6.45, 7) is 13.6. The third kappa shape index (κ3) is 11.1. The number of ether oxygens (including phenoxy) is 3. The van der Waals surface area contributed by atoms with E-state index in [1.165, 1.54) is 0 Å². The van der Waals surface area contributed by atoms with E-state index in [1.807, 2.05) is 6.08 Å². The van der Waals surface area contributed by atoms with E-state index in [0.29, 0.717) is 26.4 Å². The molecule has 19 heavy (non-hydrogen) atoms. The molecule has 0 spiro atoms. The Bertz CT molecular complexity index is 212. The molecule has 0 aliphatic rings. The number of hydrogen-bond acceptors (Lipinski definition) is 4. The van der Waals surface area contributed by atoms with Gasteiger partial charge in [0.2, 0.25) is 0 Å². The lowest BCUT2D eigenvalue weighted by atomic mass is 9.87. The zero-order valence-corrected chi connectivity index (χ0v) is 12.9. The van der Waals surface area contributed by atoms with E-state index in [2.05, 4.69) is 25.7 Å². The average molecular weight is 273 g/mol. The first-order valence-electron chi connectivity index (χ1n) is 7.17. The third-order valence-electron chi connectivity index (χ3n) is 3.07. The summed E-state index contributed by atoms with van der Waals surface area (Å²) in [5, 5.41) is 3.44. The number of rotatable bonds is 14. The van der Waals surface area contributed by atoms with Crippen molar-refractivity contribution in [3.63, 3.8) is 0 Å². The maximum atomic E-state index is 5.58. The van der Waals surface area contributed by atoms with Gasteiger partial charge in [-0.3, -0.25) is 0 Å². The van der Waals surface area contributed by atoms with E-state index in [4.69, 9.17) is 14.2 Å². The largest absolute Gasteiger partial charge is 0.382 e. The van der Waals surface area contributed by atoms with Crippen molar-refractivity contribution in [2.75, 3.05) is 53.2 Å². The molecule has 0 aliphatic carbocycles. The lowest BCUT2D eigenvalue weighted by molar-refractivity contribution is 0.0198. The van der Waals surface area contributed by atoms with Gasteiger partial charge in [0.25, 0.3) is 0 Å². The standard InChI is InChI=1S/C15H31NO3/c1-5-8-16-14-15(3,6-2)7-9-18-12-13-19-11-10-17-4/h6,16H,2,5,7-14H2,1,3-4H3. The highest BCUT2D eigenvalue weighted by Gasteiger charge is 2.19. The molecule has 1 unspecified atom stereocenters. The van der Waals surface area contributed by atoms with Crippen LogP contribution in [0.15, 0.2) is 12.7 Å². The fourth-order valence-corrected chi connectivity index (χ4v) is 1.58. The minimum atomic E-state index is 0.103. The van der Waals surface area contributed by atoms with Gasteiger partial charge in [0.1, 0.15) is 0 Å². The van der Waals surface area contributed by atoms with Crippen molar-refractivity contribution >= 4 is 0 Å². The van der Waals surface area contributed by atoms with Gasteiger partial charge < -0.3 is 19.5 Å². The van der Waals surface area contributed by atoms with Crippen LogP contribution in [-0.4, -0.2) is 53.2 Å². The quantitative estimate of drug-likeness (QED) is 0.389. The fraction of sp³-hybridized carbons (Fsp3) is 0.867. The molecule has 0 bridgehead atoms. The zero-order chi connectivity index (χ0) is 14.4. The van der Waals surface area contributed by atoms with Crippen LogP contribution in [0.4, 0.5) is 0 Å². The van der Waals surface area contributed by atoms with Gasteiger partial charge in [-0.15, -0.1) is 6.58 Å². The van der Waals surface area contributed by atoms with Crippen LogP contribution in [-0.2, 0) is 14.2 Å². The maximum absolute atomic E-state index is 5.58. The minimum Gasteiger partial charge on any atom is -0.382 e. The molecular formula is C15H31NO3. The smallest absolute Gasteiger partial charge is 0.0701 e. The maximum Gasteiger partial charge on any atom is 0.0701 e.